The Morgan fingerprint density at radius 1 is 1.27 bits per heavy atom. The number of rotatable bonds is 1. The number of aliphatic hydroxyl groups is 1. The Bertz CT molecular complexity index is 123. The topological polar surface area (TPSA) is 29.5 Å². The smallest absolute Gasteiger partial charge is 0.0833 e. The molecular formula is C9H18O2. The van der Waals surface area contributed by atoms with Gasteiger partial charge in [0.1, 0.15) is 0 Å². The SMILES string of the molecule is CC1COC(CO)[C@H](C)[C@@H]1C. The maximum absolute atomic E-state index is 8.94. The summed E-state index contributed by atoms with van der Waals surface area (Å²) in [7, 11) is 0. The van der Waals surface area contributed by atoms with Gasteiger partial charge in [0, 0.05) is 6.61 Å². The van der Waals surface area contributed by atoms with Gasteiger partial charge in [-0.2, -0.15) is 0 Å². The highest BCUT2D eigenvalue weighted by Crippen LogP contribution is 2.30. The summed E-state index contributed by atoms with van der Waals surface area (Å²) in [5.74, 6) is 1.79. The Hall–Kier alpha value is -0.0800. The number of hydrogen-bond donors (Lipinski definition) is 1. The van der Waals surface area contributed by atoms with Crippen LogP contribution < -0.4 is 0 Å². The molecule has 0 aromatic heterocycles. The molecule has 0 amide bonds. The maximum Gasteiger partial charge on any atom is 0.0833 e. The molecule has 0 radical (unpaired) electrons. The van der Waals surface area contributed by atoms with Gasteiger partial charge in [0.25, 0.3) is 0 Å². The molecule has 1 aliphatic rings. The average Bonchev–Trinajstić information content (AvgIpc) is 2.01. The summed E-state index contributed by atoms with van der Waals surface area (Å²) in [6.07, 6.45) is 0.0706. The lowest BCUT2D eigenvalue weighted by Crippen LogP contribution is -2.40. The third kappa shape index (κ3) is 1.74. The van der Waals surface area contributed by atoms with Crippen LogP contribution in [-0.2, 0) is 4.74 Å². The third-order valence-corrected chi connectivity index (χ3v) is 3.07. The van der Waals surface area contributed by atoms with E-state index in [-0.39, 0.29) is 12.7 Å². The molecular weight excluding hydrogens is 140 g/mol. The fourth-order valence-corrected chi connectivity index (χ4v) is 1.65. The van der Waals surface area contributed by atoms with Crippen molar-refractivity contribution in [2.24, 2.45) is 17.8 Å². The van der Waals surface area contributed by atoms with E-state index in [0.29, 0.717) is 17.8 Å². The fraction of sp³-hybridized carbons (Fsp3) is 1.00. The van der Waals surface area contributed by atoms with Gasteiger partial charge in [-0.25, -0.2) is 0 Å². The molecule has 2 nitrogen and oxygen atoms in total. The molecule has 1 rings (SSSR count). The summed E-state index contributed by atoms with van der Waals surface area (Å²) in [5, 5.41) is 8.94. The van der Waals surface area contributed by atoms with Gasteiger partial charge in [0.15, 0.2) is 0 Å². The first-order valence-corrected chi connectivity index (χ1v) is 4.39. The van der Waals surface area contributed by atoms with Crippen LogP contribution >= 0.6 is 0 Å². The van der Waals surface area contributed by atoms with Gasteiger partial charge in [-0.15, -0.1) is 0 Å². The molecule has 0 aliphatic carbocycles. The highest BCUT2D eigenvalue weighted by Gasteiger charge is 2.31. The van der Waals surface area contributed by atoms with Crippen LogP contribution in [-0.4, -0.2) is 24.4 Å². The van der Waals surface area contributed by atoms with Crippen molar-refractivity contribution in [2.45, 2.75) is 26.9 Å². The molecule has 66 valence electrons. The van der Waals surface area contributed by atoms with Crippen molar-refractivity contribution < 1.29 is 9.84 Å². The standard InChI is InChI=1S/C9H18O2/c1-6-5-11-9(4-10)8(3)7(6)2/h6-10H,4-5H2,1-3H3/t6?,7-,8-,9?/m1/s1. The zero-order valence-electron chi connectivity index (χ0n) is 7.58. The van der Waals surface area contributed by atoms with Gasteiger partial charge in [-0.05, 0) is 17.8 Å². The first kappa shape index (κ1) is 9.01. The van der Waals surface area contributed by atoms with Gasteiger partial charge in [0.05, 0.1) is 12.7 Å². The minimum atomic E-state index is 0.0706. The molecule has 2 unspecified atom stereocenters. The van der Waals surface area contributed by atoms with Gasteiger partial charge in [0.2, 0.25) is 0 Å². The molecule has 0 aromatic rings. The van der Waals surface area contributed by atoms with E-state index in [1.54, 1.807) is 0 Å². The molecule has 4 atom stereocenters. The molecule has 11 heavy (non-hydrogen) atoms. The highest BCUT2D eigenvalue weighted by atomic mass is 16.5. The van der Waals surface area contributed by atoms with E-state index in [1.807, 2.05) is 0 Å². The van der Waals surface area contributed by atoms with Crippen LogP contribution in [0.1, 0.15) is 20.8 Å². The minimum absolute atomic E-state index is 0.0706. The van der Waals surface area contributed by atoms with Crippen molar-refractivity contribution in [1.82, 2.24) is 0 Å². The normalized spacial score (nSPS) is 45.8. The second-order valence-corrected chi connectivity index (χ2v) is 3.75. The van der Waals surface area contributed by atoms with Crippen molar-refractivity contribution >= 4 is 0 Å². The molecule has 1 aliphatic heterocycles. The van der Waals surface area contributed by atoms with Crippen LogP contribution in [0.3, 0.4) is 0 Å². The molecule has 0 saturated carbocycles. The zero-order valence-corrected chi connectivity index (χ0v) is 7.58. The highest BCUT2D eigenvalue weighted by molar-refractivity contribution is 4.79. The summed E-state index contributed by atoms with van der Waals surface area (Å²) < 4.78 is 5.47. The predicted octanol–water partition coefficient (Wildman–Crippen LogP) is 1.29. The number of aliphatic hydroxyl groups excluding tert-OH is 1. The van der Waals surface area contributed by atoms with Crippen LogP contribution in [0.15, 0.2) is 0 Å². The maximum atomic E-state index is 8.94. The monoisotopic (exact) mass is 158 g/mol. The van der Waals surface area contributed by atoms with E-state index >= 15 is 0 Å². The molecule has 0 aromatic carbocycles. The van der Waals surface area contributed by atoms with Gasteiger partial charge < -0.3 is 9.84 Å². The van der Waals surface area contributed by atoms with Gasteiger partial charge >= 0.3 is 0 Å². The third-order valence-electron chi connectivity index (χ3n) is 3.07. The van der Waals surface area contributed by atoms with E-state index in [4.69, 9.17) is 9.84 Å². The summed E-state index contributed by atoms with van der Waals surface area (Å²) in [6, 6.07) is 0. The van der Waals surface area contributed by atoms with Crippen molar-refractivity contribution in [3.8, 4) is 0 Å². The second-order valence-electron chi connectivity index (χ2n) is 3.75. The Labute approximate surface area is 68.6 Å². The van der Waals surface area contributed by atoms with Crippen molar-refractivity contribution in [3.05, 3.63) is 0 Å². The quantitative estimate of drug-likeness (QED) is 0.623. The lowest BCUT2D eigenvalue weighted by atomic mass is 9.80. The number of hydrogen-bond acceptors (Lipinski definition) is 2. The van der Waals surface area contributed by atoms with E-state index in [2.05, 4.69) is 20.8 Å². The summed E-state index contributed by atoms with van der Waals surface area (Å²) in [5.41, 5.74) is 0. The van der Waals surface area contributed by atoms with Crippen LogP contribution in [0.4, 0.5) is 0 Å². The molecule has 0 spiro atoms. The molecule has 1 heterocycles. The lowest BCUT2D eigenvalue weighted by Gasteiger charge is -2.37. The largest absolute Gasteiger partial charge is 0.394 e. The van der Waals surface area contributed by atoms with E-state index in [1.165, 1.54) is 0 Å². The molecule has 1 saturated heterocycles. The Morgan fingerprint density at radius 3 is 2.45 bits per heavy atom. The van der Waals surface area contributed by atoms with E-state index in [0.717, 1.165) is 6.61 Å². The Balaban J connectivity index is 2.52. The van der Waals surface area contributed by atoms with Crippen molar-refractivity contribution in [3.63, 3.8) is 0 Å². The Kier molecular flexibility index (Phi) is 2.90. The van der Waals surface area contributed by atoms with Crippen LogP contribution in [0.25, 0.3) is 0 Å². The summed E-state index contributed by atoms with van der Waals surface area (Å²) in [6.45, 7) is 7.56. The molecule has 0 bridgehead atoms. The van der Waals surface area contributed by atoms with E-state index in [9.17, 15) is 0 Å². The molecule has 2 heteroatoms. The van der Waals surface area contributed by atoms with Crippen LogP contribution in [0.2, 0.25) is 0 Å². The first-order chi connectivity index (χ1) is 5.16. The van der Waals surface area contributed by atoms with Gasteiger partial charge in [-0.3, -0.25) is 0 Å². The van der Waals surface area contributed by atoms with E-state index < -0.39 is 0 Å². The van der Waals surface area contributed by atoms with Crippen molar-refractivity contribution in [1.29, 1.82) is 0 Å². The average molecular weight is 158 g/mol. The number of ether oxygens (including phenoxy) is 1. The Morgan fingerprint density at radius 2 is 1.91 bits per heavy atom. The molecule has 1 fully saturated rings. The molecule has 1 N–H and O–H groups in total. The predicted molar refractivity (Wildman–Crippen MR) is 44.3 cm³/mol. The van der Waals surface area contributed by atoms with Gasteiger partial charge in [-0.1, -0.05) is 20.8 Å². The fourth-order valence-electron chi connectivity index (χ4n) is 1.65. The lowest BCUT2D eigenvalue weighted by molar-refractivity contribution is -0.0965. The second kappa shape index (κ2) is 3.55. The van der Waals surface area contributed by atoms with Crippen LogP contribution in [0, 0.1) is 17.8 Å². The minimum Gasteiger partial charge on any atom is -0.394 e. The van der Waals surface area contributed by atoms with Crippen molar-refractivity contribution in [2.75, 3.05) is 13.2 Å². The van der Waals surface area contributed by atoms with Crippen LogP contribution in [0.5, 0.6) is 0 Å². The summed E-state index contributed by atoms with van der Waals surface area (Å²) >= 11 is 0. The first-order valence-electron chi connectivity index (χ1n) is 4.39. The summed E-state index contributed by atoms with van der Waals surface area (Å²) in [4.78, 5) is 0. The zero-order chi connectivity index (χ0) is 8.43.